The van der Waals surface area contributed by atoms with Crippen molar-refractivity contribution in [1.82, 2.24) is 4.98 Å². The molecule has 1 aliphatic carbocycles. The summed E-state index contributed by atoms with van der Waals surface area (Å²) < 4.78 is 4.98. The molecule has 1 heterocycles. The van der Waals surface area contributed by atoms with Crippen LogP contribution in [0.2, 0.25) is 0 Å². The first kappa shape index (κ1) is 10.8. The van der Waals surface area contributed by atoms with E-state index in [9.17, 15) is 9.59 Å². The molecule has 5 nitrogen and oxygen atoms in total. The van der Waals surface area contributed by atoms with E-state index in [1.165, 1.54) is 6.08 Å². The van der Waals surface area contributed by atoms with E-state index in [1.807, 2.05) is 0 Å². The van der Waals surface area contributed by atoms with E-state index in [1.54, 1.807) is 18.2 Å². The SMILES string of the molecule is O=C(O)/C=C(/c1ccc2[nH]c(=O)oc2c1)C1CC1. The molecular formula is C13H11NO4. The number of nitrogens with one attached hydrogen (secondary N) is 1. The Morgan fingerprint density at radius 1 is 1.44 bits per heavy atom. The van der Waals surface area contributed by atoms with Crippen LogP contribution in [0.25, 0.3) is 16.7 Å². The van der Waals surface area contributed by atoms with E-state index in [2.05, 4.69) is 4.98 Å². The van der Waals surface area contributed by atoms with Crippen LogP contribution < -0.4 is 5.76 Å². The molecule has 0 spiro atoms. The van der Waals surface area contributed by atoms with Crippen LogP contribution in [0.5, 0.6) is 0 Å². The number of aromatic amines is 1. The fraction of sp³-hybridized carbons (Fsp3) is 0.231. The third-order valence-electron chi connectivity index (χ3n) is 3.05. The second-order valence-electron chi connectivity index (χ2n) is 4.44. The highest BCUT2D eigenvalue weighted by Gasteiger charge is 2.27. The molecule has 0 atom stereocenters. The van der Waals surface area contributed by atoms with Crippen molar-refractivity contribution in [2.45, 2.75) is 12.8 Å². The van der Waals surface area contributed by atoms with Gasteiger partial charge in [0.1, 0.15) is 0 Å². The highest BCUT2D eigenvalue weighted by molar-refractivity contribution is 5.92. The lowest BCUT2D eigenvalue weighted by atomic mass is 10.0. The van der Waals surface area contributed by atoms with E-state index in [-0.39, 0.29) is 0 Å². The zero-order chi connectivity index (χ0) is 12.7. The molecule has 1 aromatic heterocycles. The molecule has 18 heavy (non-hydrogen) atoms. The number of aliphatic carboxylic acids is 1. The molecule has 1 fully saturated rings. The molecule has 0 amide bonds. The summed E-state index contributed by atoms with van der Waals surface area (Å²) in [7, 11) is 0. The molecule has 5 heteroatoms. The largest absolute Gasteiger partial charge is 0.478 e. The molecule has 0 aliphatic heterocycles. The normalized spacial score (nSPS) is 16.1. The van der Waals surface area contributed by atoms with Crippen molar-refractivity contribution in [1.29, 1.82) is 0 Å². The Morgan fingerprint density at radius 3 is 2.89 bits per heavy atom. The maximum absolute atomic E-state index is 11.1. The molecular weight excluding hydrogens is 234 g/mol. The zero-order valence-electron chi connectivity index (χ0n) is 9.47. The van der Waals surface area contributed by atoms with Gasteiger partial charge >= 0.3 is 11.7 Å². The van der Waals surface area contributed by atoms with Crippen molar-refractivity contribution < 1.29 is 14.3 Å². The Balaban J connectivity index is 2.11. The van der Waals surface area contributed by atoms with Crippen LogP contribution in [0.15, 0.2) is 33.5 Å². The minimum absolute atomic E-state index is 0.309. The van der Waals surface area contributed by atoms with Crippen LogP contribution in [0.3, 0.4) is 0 Å². The standard InChI is InChI=1S/C13H11NO4/c15-12(16)6-9(7-1-2-7)8-3-4-10-11(5-8)18-13(17)14-10/h3-7H,1-2H2,(H,14,17)(H,15,16)/b9-6+. The molecule has 92 valence electrons. The Labute approximate surface area is 102 Å². The number of rotatable bonds is 3. The van der Waals surface area contributed by atoms with Gasteiger partial charge in [-0.1, -0.05) is 6.07 Å². The van der Waals surface area contributed by atoms with Crippen molar-refractivity contribution in [3.8, 4) is 0 Å². The van der Waals surface area contributed by atoms with Gasteiger partial charge in [0.2, 0.25) is 0 Å². The first-order valence-electron chi connectivity index (χ1n) is 5.71. The van der Waals surface area contributed by atoms with Crippen molar-refractivity contribution in [3.05, 3.63) is 40.4 Å². The summed E-state index contributed by atoms with van der Waals surface area (Å²) in [6.07, 6.45) is 3.26. The summed E-state index contributed by atoms with van der Waals surface area (Å²) >= 11 is 0. The molecule has 3 rings (SSSR count). The molecule has 1 saturated carbocycles. The second kappa shape index (κ2) is 3.87. The molecule has 2 N–H and O–H groups in total. The Hall–Kier alpha value is -2.30. The number of aromatic nitrogens is 1. The molecule has 1 aromatic carbocycles. The minimum Gasteiger partial charge on any atom is -0.478 e. The number of allylic oxidation sites excluding steroid dienone is 1. The highest BCUT2D eigenvalue weighted by atomic mass is 16.4. The van der Waals surface area contributed by atoms with E-state index in [0.29, 0.717) is 17.0 Å². The topological polar surface area (TPSA) is 83.3 Å². The lowest BCUT2D eigenvalue weighted by Crippen LogP contribution is -1.94. The fourth-order valence-corrected chi connectivity index (χ4v) is 2.09. The summed E-state index contributed by atoms with van der Waals surface area (Å²) in [6, 6.07) is 5.24. The highest BCUT2D eigenvalue weighted by Crippen LogP contribution is 2.42. The second-order valence-corrected chi connectivity index (χ2v) is 4.44. The van der Waals surface area contributed by atoms with Crippen LogP contribution in [0.1, 0.15) is 18.4 Å². The van der Waals surface area contributed by atoms with Crippen molar-refractivity contribution in [3.63, 3.8) is 0 Å². The number of hydrogen-bond donors (Lipinski definition) is 2. The summed E-state index contributed by atoms with van der Waals surface area (Å²) in [5.74, 6) is -1.14. The summed E-state index contributed by atoms with van der Waals surface area (Å²) in [6.45, 7) is 0. The van der Waals surface area contributed by atoms with Gasteiger partial charge in [-0.15, -0.1) is 0 Å². The number of fused-ring (bicyclic) bond motifs is 1. The van der Waals surface area contributed by atoms with Crippen LogP contribution in [0.4, 0.5) is 0 Å². The Morgan fingerprint density at radius 2 is 2.22 bits per heavy atom. The average Bonchev–Trinajstić information content (AvgIpc) is 3.06. The van der Waals surface area contributed by atoms with Gasteiger partial charge in [-0.3, -0.25) is 4.98 Å². The maximum atomic E-state index is 11.1. The number of carboxylic acid groups (broad SMARTS) is 1. The van der Waals surface area contributed by atoms with Crippen LogP contribution in [0, 0.1) is 5.92 Å². The lowest BCUT2D eigenvalue weighted by Gasteiger charge is -2.04. The summed E-state index contributed by atoms with van der Waals surface area (Å²) in [4.78, 5) is 24.4. The monoisotopic (exact) mass is 245 g/mol. The van der Waals surface area contributed by atoms with Gasteiger partial charge in [0.25, 0.3) is 0 Å². The van der Waals surface area contributed by atoms with Crippen LogP contribution in [-0.4, -0.2) is 16.1 Å². The number of carboxylic acids is 1. The Bertz CT molecular complexity index is 703. The van der Waals surface area contributed by atoms with E-state index in [0.717, 1.165) is 24.0 Å². The minimum atomic E-state index is -0.951. The smallest absolute Gasteiger partial charge is 0.417 e. The van der Waals surface area contributed by atoms with Crippen molar-refractivity contribution in [2.75, 3.05) is 0 Å². The molecule has 0 radical (unpaired) electrons. The molecule has 2 aromatic rings. The average molecular weight is 245 g/mol. The molecule has 0 unspecified atom stereocenters. The van der Waals surface area contributed by atoms with Crippen LogP contribution in [-0.2, 0) is 4.79 Å². The van der Waals surface area contributed by atoms with Gasteiger partial charge in [-0.25, -0.2) is 9.59 Å². The number of H-pyrrole nitrogens is 1. The Kier molecular flexibility index (Phi) is 2.33. The van der Waals surface area contributed by atoms with E-state index >= 15 is 0 Å². The first-order valence-corrected chi connectivity index (χ1v) is 5.71. The predicted molar refractivity (Wildman–Crippen MR) is 65.2 cm³/mol. The predicted octanol–water partition coefficient (Wildman–Crippen LogP) is 2.00. The van der Waals surface area contributed by atoms with Gasteiger partial charge in [-0.2, -0.15) is 0 Å². The zero-order valence-corrected chi connectivity index (χ0v) is 9.47. The number of hydrogen-bond acceptors (Lipinski definition) is 3. The van der Waals surface area contributed by atoms with Gasteiger partial charge in [-0.05, 0) is 42.0 Å². The van der Waals surface area contributed by atoms with Gasteiger partial charge < -0.3 is 9.52 Å². The van der Waals surface area contributed by atoms with E-state index in [4.69, 9.17) is 9.52 Å². The van der Waals surface area contributed by atoms with E-state index < -0.39 is 11.7 Å². The van der Waals surface area contributed by atoms with Gasteiger partial charge in [0.05, 0.1) is 5.52 Å². The third-order valence-corrected chi connectivity index (χ3v) is 3.05. The molecule has 0 saturated heterocycles. The quantitative estimate of drug-likeness (QED) is 0.810. The number of carbonyl (C=O) groups is 1. The van der Waals surface area contributed by atoms with Gasteiger partial charge in [0, 0.05) is 6.08 Å². The number of oxazole rings is 1. The third kappa shape index (κ3) is 1.95. The van der Waals surface area contributed by atoms with Gasteiger partial charge in [0.15, 0.2) is 5.58 Å². The number of benzene rings is 1. The van der Waals surface area contributed by atoms with Crippen molar-refractivity contribution >= 4 is 22.6 Å². The first-order chi connectivity index (χ1) is 8.63. The molecule has 0 bridgehead atoms. The summed E-state index contributed by atoms with van der Waals surface area (Å²) in [5, 5.41) is 8.88. The van der Waals surface area contributed by atoms with Crippen molar-refractivity contribution in [2.24, 2.45) is 5.92 Å². The summed E-state index contributed by atoms with van der Waals surface area (Å²) in [5.41, 5.74) is 2.67. The fourth-order valence-electron chi connectivity index (χ4n) is 2.09. The van der Waals surface area contributed by atoms with Crippen LogP contribution >= 0.6 is 0 Å². The molecule has 1 aliphatic rings. The lowest BCUT2D eigenvalue weighted by molar-refractivity contribution is -0.131. The maximum Gasteiger partial charge on any atom is 0.417 e.